The fourth-order valence-electron chi connectivity index (χ4n) is 3.73. The predicted molar refractivity (Wildman–Crippen MR) is 134 cm³/mol. The lowest BCUT2D eigenvalue weighted by atomic mass is 10.2. The molecule has 8 nitrogen and oxygen atoms in total. The zero-order valence-electron chi connectivity index (χ0n) is 17.9. The molecule has 3 heterocycles. The van der Waals surface area contributed by atoms with Crippen molar-refractivity contribution in [1.82, 2.24) is 29.8 Å². The van der Waals surface area contributed by atoms with Crippen molar-refractivity contribution in [3.8, 4) is 5.69 Å². The molecule has 3 N–H and O–H groups in total. The van der Waals surface area contributed by atoms with Gasteiger partial charge in [-0.25, -0.2) is 15.0 Å². The van der Waals surface area contributed by atoms with Crippen molar-refractivity contribution in [3.05, 3.63) is 96.8 Å². The first kappa shape index (κ1) is 20.1. The van der Waals surface area contributed by atoms with Gasteiger partial charge in [-0.1, -0.05) is 23.5 Å². The average Bonchev–Trinajstić information content (AvgIpc) is 3.61. The Morgan fingerprint density at radius 1 is 1.00 bits per heavy atom. The van der Waals surface area contributed by atoms with Gasteiger partial charge >= 0.3 is 0 Å². The molecule has 0 spiro atoms. The van der Waals surface area contributed by atoms with E-state index in [1.807, 2.05) is 71.4 Å². The van der Waals surface area contributed by atoms with E-state index in [-0.39, 0.29) is 5.91 Å². The molecule has 9 heteroatoms. The number of aromatic nitrogens is 5. The summed E-state index contributed by atoms with van der Waals surface area (Å²) in [6.07, 6.45) is 5.42. The Bertz CT molecular complexity index is 1570. The van der Waals surface area contributed by atoms with Crippen LogP contribution in [0.15, 0.2) is 85.5 Å². The number of nitrogens with zero attached hydrogens (tertiary/aromatic N) is 4. The molecule has 3 aromatic carbocycles. The van der Waals surface area contributed by atoms with E-state index < -0.39 is 0 Å². The molecule has 0 bridgehead atoms. The van der Waals surface area contributed by atoms with Crippen molar-refractivity contribution >= 4 is 49.3 Å². The van der Waals surface area contributed by atoms with Gasteiger partial charge in [-0.15, -0.1) is 0 Å². The molecule has 0 atom stereocenters. The lowest BCUT2D eigenvalue weighted by Crippen LogP contribution is -2.23. The van der Waals surface area contributed by atoms with Crippen molar-refractivity contribution < 1.29 is 4.79 Å². The van der Waals surface area contributed by atoms with E-state index >= 15 is 0 Å². The van der Waals surface area contributed by atoms with Crippen LogP contribution in [0.25, 0.3) is 26.9 Å². The molecule has 6 aromatic rings. The lowest BCUT2D eigenvalue weighted by Gasteiger charge is -2.05. The van der Waals surface area contributed by atoms with Gasteiger partial charge in [-0.3, -0.25) is 4.79 Å². The molecule has 1 amide bonds. The van der Waals surface area contributed by atoms with Crippen molar-refractivity contribution in [2.24, 2.45) is 0 Å². The summed E-state index contributed by atoms with van der Waals surface area (Å²) in [5.74, 6) is 0.569. The van der Waals surface area contributed by atoms with Gasteiger partial charge in [-0.05, 0) is 54.6 Å². The highest BCUT2D eigenvalue weighted by Crippen LogP contribution is 2.29. The number of fused-ring (bicyclic) bond motifs is 2. The summed E-state index contributed by atoms with van der Waals surface area (Å²) in [6.45, 7) is 0.329. The number of hydrogen-bond acceptors (Lipinski definition) is 6. The molecule has 6 rings (SSSR count). The minimum atomic E-state index is -0.152. The van der Waals surface area contributed by atoms with Crippen molar-refractivity contribution in [3.63, 3.8) is 0 Å². The number of para-hydroxylation sites is 2. The van der Waals surface area contributed by atoms with Gasteiger partial charge < -0.3 is 20.2 Å². The summed E-state index contributed by atoms with van der Waals surface area (Å²) >= 11 is 1.51. The summed E-state index contributed by atoms with van der Waals surface area (Å²) < 4.78 is 2.89. The molecule has 0 aliphatic heterocycles. The topological polar surface area (TPSA) is 101 Å². The second-order valence-electron chi connectivity index (χ2n) is 7.73. The molecule has 0 saturated heterocycles. The zero-order chi connectivity index (χ0) is 22.9. The summed E-state index contributed by atoms with van der Waals surface area (Å²) in [6, 6.07) is 21.4. The van der Waals surface area contributed by atoms with Gasteiger partial charge in [-0.2, -0.15) is 0 Å². The number of hydrogen-bond donors (Lipinski definition) is 3. The summed E-state index contributed by atoms with van der Waals surface area (Å²) in [7, 11) is 0. The highest BCUT2D eigenvalue weighted by Gasteiger charge is 2.11. The van der Waals surface area contributed by atoms with E-state index in [1.165, 1.54) is 11.3 Å². The van der Waals surface area contributed by atoms with Crippen LogP contribution in [0.4, 0.5) is 10.8 Å². The first-order valence-electron chi connectivity index (χ1n) is 10.7. The number of imidazole rings is 2. The second-order valence-corrected chi connectivity index (χ2v) is 8.76. The predicted octanol–water partition coefficient (Wildman–Crippen LogP) is 5.03. The van der Waals surface area contributed by atoms with Crippen LogP contribution in [0.3, 0.4) is 0 Å². The summed E-state index contributed by atoms with van der Waals surface area (Å²) in [5.41, 5.74) is 5.24. The molecule has 0 unspecified atom stereocenters. The highest BCUT2D eigenvalue weighted by molar-refractivity contribution is 7.22. The van der Waals surface area contributed by atoms with Crippen molar-refractivity contribution in [2.45, 2.75) is 6.54 Å². The molecule has 0 radical (unpaired) electrons. The number of rotatable bonds is 6. The fourth-order valence-corrected chi connectivity index (χ4v) is 4.65. The standard InChI is InChI=1S/C25H19N7OS/c33-24(27-14-23-29-19-3-1-2-4-20(19)30-23)16-5-10-21-22(13-16)34-25(31-21)28-17-6-8-18(9-7-17)32-12-11-26-15-32/h1-13,15H,14H2,(H,27,33)(H,28,31)(H,29,30). The molecule has 3 aromatic heterocycles. The van der Waals surface area contributed by atoms with Crippen LogP contribution in [-0.2, 0) is 6.54 Å². The van der Waals surface area contributed by atoms with Crippen LogP contribution in [0.5, 0.6) is 0 Å². The third-order valence-corrected chi connectivity index (χ3v) is 6.36. The Hall–Kier alpha value is -4.50. The van der Waals surface area contributed by atoms with Crippen LogP contribution < -0.4 is 10.6 Å². The third-order valence-electron chi connectivity index (χ3n) is 5.43. The molecule has 34 heavy (non-hydrogen) atoms. The molecular formula is C25H19N7OS. The van der Waals surface area contributed by atoms with E-state index in [1.54, 1.807) is 18.6 Å². The monoisotopic (exact) mass is 465 g/mol. The number of amides is 1. The maximum atomic E-state index is 12.7. The number of aromatic amines is 1. The summed E-state index contributed by atoms with van der Waals surface area (Å²) in [4.78, 5) is 29.2. The number of H-pyrrole nitrogens is 1. The maximum absolute atomic E-state index is 12.7. The van der Waals surface area contributed by atoms with E-state index in [0.717, 1.165) is 43.6 Å². The van der Waals surface area contributed by atoms with E-state index in [9.17, 15) is 4.79 Å². The molecular weight excluding hydrogens is 446 g/mol. The fraction of sp³-hybridized carbons (Fsp3) is 0.0400. The number of nitrogens with one attached hydrogen (secondary N) is 3. The SMILES string of the molecule is O=C(NCc1nc2ccccc2[nH]1)c1ccc2nc(Nc3ccc(-n4ccnc4)cc3)sc2c1. The van der Waals surface area contributed by atoms with Crippen LogP contribution in [0, 0.1) is 0 Å². The van der Waals surface area contributed by atoms with Crippen molar-refractivity contribution in [2.75, 3.05) is 5.32 Å². The highest BCUT2D eigenvalue weighted by atomic mass is 32.1. The number of thiazole rings is 1. The molecule has 166 valence electrons. The Morgan fingerprint density at radius 2 is 1.88 bits per heavy atom. The Balaban J connectivity index is 1.14. The van der Waals surface area contributed by atoms with Crippen LogP contribution in [0.2, 0.25) is 0 Å². The second kappa shape index (κ2) is 8.45. The largest absolute Gasteiger partial charge is 0.345 e. The van der Waals surface area contributed by atoms with Gasteiger partial charge in [0, 0.05) is 29.3 Å². The minimum absolute atomic E-state index is 0.152. The van der Waals surface area contributed by atoms with Gasteiger partial charge in [0.15, 0.2) is 5.13 Å². The minimum Gasteiger partial charge on any atom is -0.345 e. The Morgan fingerprint density at radius 3 is 2.71 bits per heavy atom. The van der Waals surface area contributed by atoms with E-state index in [2.05, 4.69) is 30.6 Å². The molecule has 0 aliphatic rings. The lowest BCUT2D eigenvalue weighted by molar-refractivity contribution is 0.0950. The molecule has 0 saturated carbocycles. The molecule has 0 fully saturated rings. The average molecular weight is 466 g/mol. The van der Waals surface area contributed by atoms with Gasteiger partial charge in [0.25, 0.3) is 5.91 Å². The van der Waals surface area contributed by atoms with E-state index in [4.69, 9.17) is 0 Å². The number of anilines is 2. The number of carbonyl (C=O) groups excluding carboxylic acids is 1. The number of carbonyl (C=O) groups is 1. The Kier molecular flexibility index (Phi) is 5.00. The van der Waals surface area contributed by atoms with Gasteiger partial charge in [0.1, 0.15) is 5.82 Å². The smallest absolute Gasteiger partial charge is 0.251 e. The van der Waals surface area contributed by atoms with Crippen LogP contribution >= 0.6 is 11.3 Å². The van der Waals surface area contributed by atoms with Crippen LogP contribution in [0.1, 0.15) is 16.2 Å². The van der Waals surface area contributed by atoms with Gasteiger partial charge in [0.2, 0.25) is 0 Å². The zero-order valence-corrected chi connectivity index (χ0v) is 18.7. The quantitative estimate of drug-likeness (QED) is 0.320. The summed E-state index contributed by atoms with van der Waals surface area (Å²) in [5, 5.41) is 7.05. The maximum Gasteiger partial charge on any atom is 0.251 e. The van der Waals surface area contributed by atoms with Crippen LogP contribution in [-0.4, -0.2) is 30.4 Å². The molecule has 0 aliphatic carbocycles. The van der Waals surface area contributed by atoms with E-state index in [0.29, 0.717) is 12.1 Å². The number of benzene rings is 3. The normalized spacial score (nSPS) is 11.2. The first-order chi connectivity index (χ1) is 16.7. The van der Waals surface area contributed by atoms with Crippen molar-refractivity contribution in [1.29, 1.82) is 0 Å². The third kappa shape index (κ3) is 4.00. The van der Waals surface area contributed by atoms with Gasteiger partial charge in [0.05, 0.1) is 34.1 Å². The first-order valence-corrected chi connectivity index (χ1v) is 11.5. The Labute approximate surface area is 198 Å².